The van der Waals surface area contributed by atoms with Crippen molar-refractivity contribution in [2.45, 2.75) is 38.1 Å². The van der Waals surface area contributed by atoms with Gasteiger partial charge in [0, 0.05) is 12.6 Å². The number of likely N-dealkylation sites (N-methyl/N-ethyl adjacent to an activating group) is 1. The van der Waals surface area contributed by atoms with Crippen LogP contribution >= 0.6 is 0 Å². The van der Waals surface area contributed by atoms with Crippen molar-refractivity contribution in [3.63, 3.8) is 0 Å². The molecule has 1 aliphatic carbocycles. The smallest absolute Gasteiger partial charge is 0.230 e. The number of carbonyl (C=O) groups excluding carboxylic acids is 1. The number of carbonyl (C=O) groups is 1. The van der Waals surface area contributed by atoms with Crippen LogP contribution < -0.4 is 10.6 Å². The lowest BCUT2D eigenvalue weighted by atomic mass is 9.93. The molecule has 1 aromatic carbocycles. The molecule has 0 bridgehead atoms. The Bertz CT molecular complexity index is 438. The molecular formula is C15H22N2O. The third kappa shape index (κ3) is 2.56. The highest BCUT2D eigenvalue weighted by Gasteiger charge is 2.51. The van der Waals surface area contributed by atoms with E-state index in [-0.39, 0.29) is 11.3 Å². The van der Waals surface area contributed by atoms with E-state index in [4.69, 9.17) is 0 Å². The fourth-order valence-corrected chi connectivity index (χ4v) is 2.23. The summed E-state index contributed by atoms with van der Waals surface area (Å²) in [5.41, 5.74) is 2.13. The zero-order valence-corrected chi connectivity index (χ0v) is 11.4. The van der Waals surface area contributed by atoms with Gasteiger partial charge in [0.2, 0.25) is 5.91 Å². The maximum Gasteiger partial charge on any atom is 0.230 e. The van der Waals surface area contributed by atoms with E-state index in [1.165, 1.54) is 5.56 Å². The lowest BCUT2D eigenvalue weighted by molar-refractivity contribution is -0.123. The minimum Gasteiger partial charge on any atom is -0.354 e. The number of nitrogens with one attached hydrogen (secondary N) is 2. The lowest BCUT2D eigenvalue weighted by Crippen LogP contribution is -2.42. The second-order valence-corrected chi connectivity index (χ2v) is 5.35. The van der Waals surface area contributed by atoms with Crippen LogP contribution in [0.2, 0.25) is 0 Å². The molecule has 0 aliphatic heterocycles. The second-order valence-electron chi connectivity index (χ2n) is 5.35. The molecule has 0 radical (unpaired) electrons. The van der Waals surface area contributed by atoms with Crippen LogP contribution in [0.5, 0.6) is 0 Å². The van der Waals surface area contributed by atoms with Gasteiger partial charge in [0.25, 0.3) is 0 Å². The van der Waals surface area contributed by atoms with Crippen molar-refractivity contribution in [3.8, 4) is 0 Å². The number of hydrogen-bond acceptors (Lipinski definition) is 2. The van der Waals surface area contributed by atoms with Gasteiger partial charge in [-0.05, 0) is 39.3 Å². The highest BCUT2D eigenvalue weighted by atomic mass is 16.2. The monoisotopic (exact) mass is 246 g/mol. The van der Waals surface area contributed by atoms with E-state index in [9.17, 15) is 4.79 Å². The zero-order chi connectivity index (χ0) is 13.2. The molecule has 3 heteroatoms. The van der Waals surface area contributed by atoms with Crippen LogP contribution in [0.1, 0.15) is 30.9 Å². The molecule has 0 aromatic heterocycles. The minimum absolute atomic E-state index is 0.176. The minimum atomic E-state index is -0.251. The van der Waals surface area contributed by atoms with E-state index >= 15 is 0 Å². The van der Waals surface area contributed by atoms with E-state index in [1.807, 2.05) is 13.1 Å². The molecule has 1 saturated carbocycles. The first-order valence-corrected chi connectivity index (χ1v) is 6.61. The maximum absolute atomic E-state index is 12.3. The summed E-state index contributed by atoms with van der Waals surface area (Å²) in [6.45, 7) is 4.82. The molecule has 1 aromatic rings. The van der Waals surface area contributed by atoms with Crippen LogP contribution in [0.4, 0.5) is 0 Å². The van der Waals surface area contributed by atoms with Crippen LogP contribution in [0, 0.1) is 6.92 Å². The number of rotatable bonds is 5. The van der Waals surface area contributed by atoms with Crippen LogP contribution in [0.3, 0.4) is 0 Å². The van der Waals surface area contributed by atoms with Gasteiger partial charge >= 0.3 is 0 Å². The lowest BCUT2D eigenvalue weighted by Gasteiger charge is -2.18. The Morgan fingerprint density at radius 3 is 2.72 bits per heavy atom. The summed E-state index contributed by atoms with van der Waals surface area (Å²) in [5, 5.41) is 6.18. The van der Waals surface area contributed by atoms with Crippen molar-refractivity contribution in [3.05, 3.63) is 35.4 Å². The summed E-state index contributed by atoms with van der Waals surface area (Å²) in [6.07, 6.45) is 1.94. The summed E-state index contributed by atoms with van der Waals surface area (Å²) >= 11 is 0. The zero-order valence-electron chi connectivity index (χ0n) is 11.4. The van der Waals surface area contributed by atoms with Crippen LogP contribution in [-0.2, 0) is 10.2 Å². The van der Waals surface area contributed by atoms with E-state index in [2.05, 4.69) is 42.7 Å². The predicted molar refractivity (Wildman–Crippen MR) is 73.6 cm³/mol. The summed E-state index contributed by atoms with van der Waals surface area (Å²) in [4.78, 5) is 12.3. The number of aryl methyl sites for hydroxylation is 1. The molecule has 1 fully saturated rings. The standard InChI is InChI=1S/C15H22N2O/c1-11-5-4-6-13(9-11)15(7-8-15)14(18)17-10-12(2)16-3/h4-6,9,12,16H,7-8,10H2,1-3H3,(H,17,18). The van der Waals surface area contributed by atoms with Gasteiger partial charge in [-0.15, -0.1) is 0 Å². The molecular weight excluding hydrogens is 224 g/mol. The average molecular weight is 246 g/mol. The molecule has 3 nitrogen and oxygen atoms in total. The van der Waals surface area contributed by atoms with Crippen molar-refractivity contribution < 1.29 is 4.79 Å². The summed E-state index contributed by atoms with van der Waals surface area (Å²) in [6, 6.07) is 8.62. The predicted octanol–water partition coefficient (Wildman–Crippen LogP) is 1.75. The molecule has 2 N–H and O–H groups in total. The van der Waals surface area contributed by atoms with Gasteiger partial charge in [0.05, 0.1) is 5.41 Å². The molecule has 0 spiro atoms. The molecule has 18 heavy (non-hydrogen) atoms. The Morgan fingerprint density at radius 2 is 2.17 bits per heavy atom. The van der Waals surface area contributed by atoms with E-state index < -0.39 is 0 Å². The second kappa shape index (κ2) is 5.11. The fourth-order valence-electron chi connectivity index (χ4n) is 2.23. The Hall–Kier alpha value is -1.35. The van der Waals surface area contributed by atoms with Gasteiger partial charge in [0.15, 0.2) is 0 Å². The Morgan fingerprint density at radius 1 is 1.44 bits per heavy atom. The maximum atomic E-state index is 12.3. The van der Waals surface area contributed by atoms with E-state index in [0.717, 1.165) is 18.4 Å². The average Bonchev–Trinajstić information content (AvgIpc) is 3.17. The molecule has 0 saturated heterocycles. The molecule has 1 aliphatic rings. The Balaban J connectivity index is 2.05. The quantitative estimate of drug-likeness (QED) is 0.831. The first-order valence-electron chi connectivity index (χ1n) is 6.61. The van der Waals surface area contributed by atoms with Crippen LogP contribution in [-0.4, -0.2) is 25.5 Å². The molecule has 1 atom stereocenters. The molecule has 2 rings (SSSR count). The van der Waals surface area contributed by atoms with E-state index in [1.54, 1.807) is 0 Å². The summed E-state index contributed by atoms with van der Waals surface area (Å²) < 4.78 is 0. The van der Waals surface area contributed by atoms with Crippen LogP contribution in [0.25, 0.3) is 0 Å². The van der Waals surface area contributed by atoms with Gasteiger partial charge in [-0.1, -0.05) is 29.8 Å². The first-order chi connectivity index (χ1) is 8.58. The highest BCUT2D eigenvalue weighted by Crippen LogP contribution is 2.48. The van der Waals surface area contributed by atoms with Crippen molar-refractivity contribution >= 4 is 5.91 Å². The molecule has 0 heterocycles. The third-order valence-electron chi connectivity index (χ3n) is 3.82. The van der Waals surface area contributed by atoms with Crippen molar-refractivity contribution in [2.24, 2.45) is 0 Å². The van der Waals surface area contributed by atoms with Gasteiger partial charge < -0.3 is 10.6 Å². The van der Waals surface area contributed by atoms with Gasteiger partial charge in [-0.2, -0.15) is 0 Å². The van der Waals surface area contributed by atoms with Crippen molar-refractivity contribution in [2.75, 3.05) is 13.6 Å². The molecule has 1 amide bonds. The summed E-state index contributed by atoms with van der Waals surface area (Å²) in [7, 11) is 1.91. The highest BCUT2D eigenvalue weighted by molar-refractivity contribution is 5.91. The first kappa shape index (κ1) is 13.1. The summed E-state index contributed by atoms with van der Waals surface area (Å²) in [5.74, 6) is 0.176. The number of hydrogen-bond donors (Lipinski definition) is 2. The van der Waals surface area contributed by atoms with Gasteiger partial charge in [-0.25, -0.2) is 0 Å². The number of benzene rings is 1. The Kier molecular flexibility index (Phi) is 3.71. The topological polar surface area (TPSA) is 41.1 Å². The number of amides is 1. The van der Waals surface area contributed by atoms with Crippen molar-refractivity contribution in [1.82, 2.24) is 10.6 Å². The molecule has 1 unspecified atom stereocenters. The van der Waals surface area contributed by atoms with Crippen molar-refractivity contribution in [1.29, 1.82) is 0 Å². The Labute approximate surface area is 109 Å². The van der Waals surface area contributed by atoms with E-state index in [0.29, 0.717) is 12.6 Å². The SMILES string of the molecule is CNC(C)CNC(=O)C1(c2cccc(C)c2)CC1. The van der Waals surface area contributed by atoms with Gasteiger partial charge in [0.1, 0.15) is 0 Å². The molecule has 98 valence electrons. The third-order valence-corrected chi connectivity index (χ3v) is 3.82. The largest absolute Gasteiger partial charge is 0.354 e. The van der Waals surface area contributed by atoms with Crippen LogP contribution in [0.15, 0.2) is 24.3 Å². The van der Waals surface area contributed by atoms with Gasteiger partial charge in [-0.3, -0.25) is 4.79 Å². The fraction of sp³-hybridized carbons (Fsp3) is 0.533. The normalized spacial score (nSPS) is 18.2.